The van der Waals surface area contributed by atoms with Gasteiger partial charge in [0.1, 0.15) is 0 Å². The number of hydrogen-bond donors (Lipinski definition) is 1. The summed E-state index contributed by atoms with van der Waals surface area (Å²) in [5, 5.41) is 5.19. The van der Waals surface area contributed by atoms with Gasteiger partial charge < -0.3 is 5.32 Å². The number of rotatable bonds is 2. The summed E-state index contributed by atoms with van der Waals surface area (Å²) in [6, 6.07) is 6.80. The number of hydrogen-bond acceptors (Lipinski definition) is 1. The maximum atomic E-state index is 6.27. The van der Waals surface area contributed by atoms with Gasteiger partial charge in [-0.3, -0.25) is 0 Å². The van der Waals surface area contributed by atoms with E-state index in [2.05, 4.69) is 19.2 Å². The van der Waals surface area contributed by atoms with E-state index in [9.17, 15) is 0 Å². The molecule has 1 N–H and O–H groups in total. The van der Waals surface area contributed by atoms with Crippen LogP contribution >= 0.6 is 23.2 Å². The Morgan fingerprint density at radius 2 is 1.94 bits per heavy atom. The highest BCUT2D eigenvalue weighted by molar-refractivity contribution is 6.36. The first-order valence-corrected chi connectivity index (χ1v) is 6.59. The topological polar surface area (TPSA) is 12.0 Å². The second kappa shape index (κ2) is 4.95. The molecule has 1 aromatic rings. The van der Waals surface area contributed by atoms with Gasteiger partial charge in [0.05, 0.1) is 0 Å². The minimum absolute atomic E-state index is 0.446. The van der Waals surface area contributed by atoms with E-state index in [0.29, 0.717) is 18.0 Å². The van der Waals surface area contributed by atoms with Gasteiger partial charge in [0.15, 0.2) is 0 Å². The van der Waals surface area contributed by atoms with Crippen LogP contribution in [0.1, 0.15) is 38.2 Å². The van der Waals surface area contributed by atoms with E-state index in [1.165, 1.54) is 0 Å². The van der Waals surface area contributed by atoms with Crippen molar-refractivity contribution in [3.05, 3.63) is 33.8 Å². The summed E-state index contributed by atoms with van der Waals surface area (Å²) < 4.78 is 0. The quantitative estimate of drug-likeness (QED) is 0.836. The molecule has 3 heteroatoms. The Balaban J connectivity index is 2.36. The highest BCUT2D eigenvalue weighted by Gasteiger charge is 2.33. The molecule has 0 aliphatic carbocycles. The zero-order valence-corrected chi connectivity index (χ0v) is 11.1. The van der Waals surface area contributed by atoms with Crippen LogP contribution in [0.4, 0.5) is 0 Å². The van der Waals surface area contributed by atoms with E-state index in [0.717, 1.165) is 28.5 Å². The third-order valence-electron chi connectivity index (χ3n) is 3.40. The van der Waals surface area contributed by atoms with E-state index in [1.54, 1.807) is 0 Å². The van der Waals surface area contributed by atoms with Crippen LogP contribution in [0.3, 0.4) is 0 Å². The molecular weight excluding hydrogens is 241 g/mol. The molecule has 1 saturated heterocycles. The lowest BCUT2D eigenvalue weighted by Gasteiger charge is -2.20. The highest BCUT2D eigenvalue weighted by Crippen LogP contribution is 2.39. The molecule has 88 valence electrons. The van der Waals surface area contributed by atoms with E-state index in [-0.39, 0.29) is 0 Å². The highest BCUT2D eigenvalue weighted by atomic mass is 35.5. The molecule has 3 unspecified atom stereocenters. The van der Waals surface area contributed by atoms with Crippen LogP contribution in [0.5, 0.6) is 0 Å². The summed E-state index contributed by atoms with van der Waals surface area (Å²) in [5.74, 6) is 0.446. The SMILES string of the molecule is CCC1NC(C)CC1c1c(Cl)cccc1Cl. The Bertz CT molecular complexity index is 358. The molecule has 0 aromatic heterocycles. The molecule has 3 atom stereocenters. The molecule has 0 saturated carbocycles. The molecule has 1 aliphatic rings. The fourth-order valence-electron chi connectivity index (χ4n) is 2.68. The van der Waals surface area contributed by atoms with E-state index >= 15 is 0 Å². The molecule has 0 radical (unpaired) electrons. The Morgan fingerprint density at radius 3 is 2.50 bits per heavy atom. The van der Waals surface area contributed by atoms with Crippen LogP contribution in [0, 0.1) is 0 Å². The maximum Gasteiger partial charge on any atom is 0.0456 e. The van der Waals surface area contributed by atoms with Crippen molar-refractivity contribution in [2.75, 3.05) is 0 Å². The Kier molecular flexibility index (Phi) is 3.78. The molecule has 1 nitrogen and oxygen atoms in total. The van der Waals surface area contributed by atoms with Crippen LogP contribution in [0.15, 0.2) is 18.2 Å². The van der Waals surface area contributed by atoms with E-state index in [4.69, 9.17) is 23.2 Å². The van der Waals surface area contributed by atoms with Gasteiger partial charge in [-0.25, -0.2) is 0 Å². The Morgan fingerprint density at radius 1 is 1.31 bits per heavy atom. The van der Waals surface area contributed by atoms with E-state index < -0.39 is 0 Å². The molecule has 1 fully saturated rings. The van der Waals surface area contributed by atoms with Crippen LogP contribution in [0.25, 0.3) is 0 Å². The van der Waals surface area contributed by atoms with Gasteiger partial charge >= 0.3 is 0 Å². The average molecular weight is 258 g/mol. The van der Waals surface area contributed by atoms with Crippen molar-refractivity contribution in [3.8, 4) is 0 Å². The molecule has 2 rings (SSSR count). The first kappa shape index (κ1) is 12.2. The molecule has 0 bridgehead atoms. The van der Waals surface area contributed by atoms with Crippen LogP contribution in [0.2, 0.25) is 10.0 Å². The molecule has 0 spiro atoms. The van der Waals surface area contributed by atoms with Gasteiger partial charge in [0, 0.05) is 28.0 Å². The van der Waals surface area contributed by atoms with Crippen LogP contribution < -0.4 is 5.32 Å². The molecular formula is C13H17Cl2N. The van der Waals surface area contributed by atoms with E-state index in [1.807, 2.05) is 18.2 Å². The lowest BCUT2D eigenvalue weighted by atomic mass is 9.89. The second-order valence-corrected chi connectivity index (χ2v) is 5.37. The standard InChI is InChI=1S/C13H17Cl2N/c1-3-12-9(7-8(2)16-12)13-10(14)5-4-6-11(13)15/h4-6,8-9,12,16H,3,7H2,1-2H3. The lowest BCUT2D eigenvalue weighted by Crippen LogP contribution is -2.28. The predicted molar refractivity (Wildman–Crippen MR) is 70.5 cm³/mol. The average Bonchev–Trinajstić information content (AvgIpc) is 2.59. The molecule has 1 aliphatic heterocycles. The minimum atomic E-state index is 0.446. The zero-order chi connectivity index (χ0) is 11.7. The van der Waals surface area contributed by atoms with Crippen molar-refractivity contribution in [3.63, 3.8) is 0 Å². The first-order valence-electron chi connectivity index (χ1n) is 5.83. The summed E-state index contributed by atoms with van der Waals surface area (Å²) >= 11 is 12.5. The normalized spacial score (nSPS) is 29.6. The van der Waals surface area contributed by atoms with Crippen molar-refractivity contribution < 1.29 is 0 Å². The lowest BCUT2D eigenvalue weighted by molar-refractivity contribution is 0.517. The van der Waals surface area contributed by atoms with Gasteiger partial charge in [-0.2, -0.15) is 0 Å². The van der Waals surface area contributed by atoms with Crippen LogP contribution in [-0.2, 0) is 0 Å². The minimum Gasteiger partial charge on any atom is -0.311 e. The third kappa shape index (κ3) is 2.22. The van der Waals surface area contributed by atoms with Crippen molar-refractivity contribution in [2.45, 2.75) is 44.7 Å². The third-order valence-corrected chi connectivity index (χ3v) is 4.06. The van der Waals surface area contributed by atoms with Crippen molar-refractivity contribution in [1.82, 2.24) is 5.32 Å². The predicted octanol–water partition coefficient (Wildman–Crippen LogP) is 4.24. The smallest absolute Gasteiger partial charge is 0.0456 e. The van der Waals surface area contributed by atoms with Gasteiger partial charge in [-0.05, 0) is 37.5 Å². The van der Waals surface area contributed by atoms with Gasteiger partial charge in [-0.15, -0.1) is 0 Å². The second-order valence-electron chi connectivity index (χ2n) is 4.56. The summed E-state index contributed by atoms with van der Waals surface area (Å²) in [5.41, 5.74) is 1.12. The zero-order valence-electron chi connectivity index (χ0n) is 9.63. The van der Waals surface area contributed by atoms with Crippen LogP contribution in [-0.4, -0.2) is 12.1 Å². The molecule has 16 heavy (non-hydrogen) atoms. The Hall–Kier alpha value is -0.240. The van der Waals surface area contributed by atoms with Gasteiger partial charge in [0.25, 0.3) is 0 Å². The fourth-order valence-corrected chi connectivity index (χ4v) is 3.36. The van der Waals surface area contributed by atoms with Gasteiger partial charge in [0.2, 0.25) is 0 Å². The fraction of sp³-hybridized carbons (Fsp3) is 0.538. The number of nitrogens with one attached hydrogen (secondary N) is 1. The summed E-state index contributed by atoms with van der Waals surface area (Å²) in [4.78, 5) is 0. The number of benzene rings is 1. The van der Waals surface area contributed by atoms with Crippen molar-refractivity contribution in [2.24, 2.45) is 0 Å². The summed E-state index contributed by atoms with van der Waals surface area (Å²) in [6.07, 6.45) is 2.22. The molecule has 0 amide bonds. The molecule has 1 heterocycles. The largest absolute Gasteiger partial charge is 0.311 e. The van der Waals surface area contributed by atoms with Crippen molar-refractivity contribution in [1.29, 1.82) is 0 Å². The monoisotopic (exact) mass is 257 g/mol. The first-order chi connectivity index (χ1) is 7.63. The molecule has 1 aromatic carbocycles. The summed E-state index contributed by atoms with van der Waals surface area (Å²) in [6.45, 7) is 4.42. The van der Waals surface area contributed by atoms with Crippen molar-refractivity contribution >= 4 is 23.2 Å². The maximum absolute atomic E-state index is 6.27. The van der Waals surface area contributed by atoms with Gasteiger partial charge in [-0.1, -0.05) is 36.2 Å². The Labute approximate surface area is 107 Å². The number of halogens is 2. The summed E-state index contributed by atoms with van der Waals surface area (Å²) in [7, 11) is 0.